The van der Waals surface area contributed by atoms with Gasteiger partial charge in [0.25, 0.3) is 5.91 Å². The number of aromatic nitrogens is 2. The zero-order valence-corrected chi connectivity index (χ0v) is 15.7. The van der Waals surface area contributed by atoms with Crippen LogP contribution >= 0.6 is 23.8 Å². The van der Waals surface area contributed by atoms with Crippen LogP contribution in [0.4, 0.5) is 0 Å². The number of hydrogen-bond acceptors (Lipinski definition) is 5. The number of carbonyl (C=O) groups is 1. The predicted octanol–water partition coefficient (Wildman–Crippen LogP) is 2.74. The monoisotopic (exact) mass is 401 g/mol. The number of thiocarbonyl (C=S) groups is 1. The topological polar surface area (TPSA) is 92.1 Å². The minimum Gasteiger partial charge on any atom is -0.423 e. The van der Waals surface area contributed by atoms with Crippen molar-refractivity contribution in [1.82, 2.24) is 26.4 Å². The lowest BCUT2D eigenvalue weighted by atomic mass is 10.1. The third-order valence-corrected chi connectivity index (χ3v) is 4.15. The molecule has 0 radical (unpaired) electrons. The SMILES string of the molecule is O=C(NNC(=S)NCCc1ccc(Cl)cc1)c1ccc(-c2nnco2)cc1. The summed E-state index contributed by atoms with van der Waals surface area (Å²) >= 11 is 11.0. The normalized spacial score (nSPS) is 10.3. The Kier molecular flexibility index (Phi) is 6.35. The Bertz CT molecular complexity index is 899. The van der Waals surface area contributed by atoms with E-state index in [1.807, 2.05) is 24.3 Å². The molecule has 0 unspecified atom stereocenters. The fraction of sp³-hybridized carbons (Fsp3) is 0.111. The maximum absolute atomic E-state index is 12.1. The first kappa shape index (κ1) is 18.8. The Morgan fingerprint density at radius 2 is 1.81 bits per heavy atom. The Morgan fingerprint density at radius 3 is 2.48 bits per heavy atom. The van der Waals surface area contributed by atoms with Crippen molar-refractivity contribution >= 4 is 34.8 Å². The van der Waals surface area contributed by atoms with E-state index in [2.05, 4.69) is 26.4 Å². The second-order valence-electron chi connectivity index (χ2n) is 5.53. The first-order valence-corrected chi connectivity index (χ1v) is 8.85. The van der Waals surface area contributed by atoms with Crippen molar-refractivity contribution in [1.29, 1.82) is 0 Å². The molecule has 7 nitrogen and oxygen atoms in total. The van der Waals surface area contributed by atoms with Crippen LogP contribution in [0, 0.1) is 0 Å². The van der Waals surface area contributed by atoms with Gasteiger partial charge in [-0.05, 0) is 60.6 Å². The number of amides is 1. The van der Waals surface area contributed by atoms with Gasteiger partial charge < -0.3 is 9.73 Å². The Morgan fingerprint density at radius 1 is 1.07 bits per heavy atom. The highest BCUT2D eigenvalue weighted by molar-refractivity contribution is 7.80. The Hall–Kier alpha value is -2.97. The molecule has 0 aliphatic carbocycles. The third-order valence-electron chi connectivity index (χ3n) is 3.66. The van der Waals surface area contributed by atoms with E-state index in [0.29, 0.717) is 28.1 Å². The molecule has 0 aliphatic rings. The van der Waals surface area contributed by atoms with Crippen LogP contribution in [0.25, 0.3) is 11.5 Å². The van der Waals surface area contributed by atoms with E-state index < -0.39 is 0 Å². The third kappa shape index (κ3) is 5.50. The molecule has 0 aliphatic heterocycles. The van der Waals surface area contributed by atoms with Crippen LogP contribution in [0.2, 0.25) is 5.02 Å². The molecule has 9 heteroatoms. The molecule has 0 saturated heterocycles. The van der Waals surface area contributed by atoms with E-state index >= 15 is 0 Å². The lowest BCUT2D eigenvalue weighted by Crippen LogP contribution is -2.47. The summed E-state index contributed by atoms with van der Waals surface area (Å²) in [5, 5.41) is 11.5. The fourth-order valence-electron chi connectivity index (χ4n) is 2.26. The van der Waals surface area contributed by atoms with Crippen molar-refractivity contribution in [3.8, 4) is 11.5 Å². The summed E-state index contributed by atoms with van der Waals surface area (Å²) in [5.74, 6) is 0.0834. The summed E-state index contributed by atoms with van der Waals surface area (Å²) in [6.45, 7) is 0.627. The van der Waals surface area contributed by atoms with Crippen LogP contribution in [0.1, 0.15) is 15.9 Å². The predicted molar refractivity (Wildman–Crippen MR) is 106 cm³/mol. The smallest absolute Gasteiger partial charge is 0.269 e. The van der Waals surface area contributed by atoms with Gasteiger partial charge in [-0.25, -0.2) is 0 Å². The first-order valence-electron chi connectivity index (χ1n) is 8.07. The minimum atomic E-state index is -0.311. The van der Waals surface area contributed by atoms with Gasteiger partial charge in [0.15, 0.2) is 5.11 Å². The van der Waals surface area contributed by atoms with E-state index in [1.54, 1.807) is 24.3 Å². The number of halogens is 1. The molecule has 1 heterocycles. The minimum absolute atomic E-state index is 0.311. The van der Waals surface area contributed by atoms with Crippen LogP contribution in [-0.4, -0.2) is 27.8 Å². The summed E-state index contributed by atoms with van der Waals surface area (Å²) < 4.78 is 5.11. The molecule has 0 saturated carbocycles. The van der Waals surface area contributed by atoms with Crippen molar-refractivity contribution < 1.29 is 9.21 Å². The first-order chi connectivity index (χ1) is 13.1. The Labute approximate surface area is 166 Å². The van der Waals surface area contributed by atoms with E-state index in [4.69, 9.17) is 28.2 Å². The molecule has 0 spiro atoms. The zero-order chi connectivity index (χ0) is 19.1. The van der Waals surface area contributed by atoms with Gasteiger partial charge in [0.2, 0.25) is 12.3 Å². The summed E-state index contributed by atoms with van der Waals surface area (Å²) in [6, 6.07) is 14.4. The van der Waals surface area contributed by atoms with E-state index in [-0.39, 0.29) is 5.91 Å². The average Bonchev–Trinajstić information content (AvgIpc) is 3.22. The van der Waals surface area contributed by atoms with Crippen LogP contribution in [0.5, 0.6) is 0 Å². The molecule has 2 aromatic carbocycles. The molecule has 0 bridgehead atoms. The number of carbonyl (C=O) groups excluding carboxylic acids is 1. The van der Waals surface area contributed by atoms with E-state index in [1.165, 1.54) is 6.39 Å². The summed E-state index contributed by atoms with van der Waals surface area (Å²) in [6.07, 6.45) is 2.03. The van der Waals surface area contributed by atoms with Crippen LogP contribution < -0.4 is 16.2 Å². The molecule has 27 heavy (non-hydrogen) atoms. The van der Waals surface area contributed by atoms with E-state index in [0.717, 1.165) is 17.5 Å². The number of nitrogens with one attached hydrogen (secondary N) is 3. The zero-order valence-electron chi connectivity index (χ0n) is 14.1. The summed E-state index contributed by atoms with van der Waals surface area (Å²) in [5.41, 5.74) is 7.56. The highest BCUT2D eigenvalue weighted by Crippen LogP contribution is 2.16. The van der Waals surface area contributed by atoms with Crippen molar-refractivity contribution in [3.05, 3.63) is 71.1 Å². The van der Waals surface area contributed by atoms with Crippen molar-refractivity contribution in [2.24, 2.45) is 0 Å². The summed E-state index contributed by atoms with van der Waals surface area (Å²) in [7, 11) is 0. The number of hydrazine groups is 1. The number of hydrogen-bond donors (Lipinski definition) is 3. The molecule has 3 N–H and O–H groups in total. The van der Waals surface area contributed by atoms with Gasteiger partial charge in [-0.1, -0.05) is 23.7 Å². The van der Waals surface area contributed by atoms with Gasteiger partial charge in [0.1, 0.15) is 0 Å². The second-order valence-corrected chi connectivity index (χ2v) is 6.38. The molecular formula is C18H16ClN5O2S. The molecule has 0 atom stereocenters. The van der Waals surface area contributed by atoms with Gasteiger partial charge in [0.05, 0.1) is 0 Å². The number of benzene rings is 2. The van der Waals surface area contributed by atoms with Crippen molar-refractivity contribution in [2.75, 3.05) is 6.54 Å². The highest BCUT2D eigenvalue weighted by Gasteiger charge is 2.08. The largest absolute Gasteiger partial charge is 0.423 e. The fourth-order valence-corrected chi connectivity index (χ4v) is 2.54. The molecule has 3 rings (SSSR count). The molecule has 1 amide bonds. The lowest BCUT2D eigenvalue weighted by molar-refractivity contribution is 0.0943. The van der Waals surface area contributed by atoms with Crippen LogP contribution in [-0.2, 0) is 6.42 Å². The van der Waals surface area contributed by atoms with Gasteiger partial charge >= 0.3 is 0 Å². The number of rotatable bonds is 5. The van der Waals surface area contributed by atoms with Crippen molar-refractivity contribution in [3.63, 3.8) is 0 Å². The summed E-state index contributed by atoms with van der Waals surface area (Å²) in [4.78, 5) is 12.1. The molecule has 138 valence electrons. The number of nitrogens with zero attached hydrogens (tertiary/aromatic N) is 2. The maximum Gasteiger partial charge on any atom is 0.269 e. The quantitative estimate of drug-likeness (QED) is 0.447. The molecule has 0 fully saturated rings. The van der Waals surface area contributed by atoms with Crippen LogP contribution in [0.15, 0.2) is 59.3 Å². The Balaban J connectivity index is 1.41. The van der Waals surface area contributed by atoms with E-state index in [9.17, 15) is 4.79 Å². The van der Waals surface area contributed by atoms with Gasteiger partial charge in [0, 0.05) is 22.7 Å². The van der Waals surface area contributed by atoms with Gasteiger partial charge in [-0.3, -0.25) is 15.6 Å². The van der Waals surface area contributed by atoms with Gasteiger partial charge in [-0.15, -0.1) is 10.2 Å². The molecule has 3 aromatic rings. The molecule has 1 aromatic heterocycles. The van der Waals surface area contributed by atoms with Crippen LogP contribution in [0.3, 0.4) is 0 Å². The van der Waals surface area contributed by atoms with Gasteiger partial charge in [-0.2, -0.15) is 0 Å². The standard InChI is InChI=1S/C18H16ClN5O2S/c19-15-7-1-12(2-8-15)9-10-20-18(27)24-22-16(25)13-3-5-14(6-4-13)17-23-21-11-26-17/h1-8,11H,9-10H2,(H,22,25)(H2,20,24,27). The average molecular weight is 402 g/mol. The highest BCUT2D eigenvalue weighted by atomic mass is 35.5. The second kappa shape index (κ2) is 9.11. The molecular weight excluding hydrogens is 386 g/mol. The van der Waals surface area contributed by atoms with Crippen molar-refractivity contribution in [2.45, 2.75) is 6.42 Å². The lowest BCUT2D eigenvalue weighted by Gasteiger charge is -2.11. The maximum atomic E-state index is 12.1.